The molecule has 0 saturated carbocycles. The summed E-state index contributed by atoms with van der Waals surface area (Å²) < 4.78 is 3.01. The topological polar surface area (TPSA) is 47.1 Å². The molecule has 0 bridgehead atoms. The maximum Gasteiger partial charge on any atom is 0.0646 e. The van der Waals surface area contributed by atoms with E-state index >= 15 is 0 Å². The van der Waals surface area contributed by atoms with E-state index in [-0.39, 0.29) is 5.41 Å². The van der Waals surface area contributed by atoms with Crippen molar-refractivity contribution in [1.29, 1.82) is 0 Å². The molecule has 21 heavy (non-hydrogen) atoms. The van der Waals surface area contributed by atoms with E-state index in [1.165, 1.54) is 12.0 Å². The van der Waals surface area contributed by atoms with Gasteiger partial charge in [0, 0.05) is 29.3 Å². The van der Waals surface area contributed by atoms with Crippen molar-refractivity contribution in [3.05, 3.63) is 46.7 Å². The van der Waals surface area contributed by atoms with Gasteiger partial charge in [0.2, 0.25) is 0 Å². The molecule has 4 nitrogen and oxygen atoms in total. The highest BCUT2D eigenvalue weighted by molar-refractivity contribution is 9.10. The van der Waals surface area contributed by atoms with Crippen LogP contribution in [0.25, 0.3) is 5.69 Å². The predicted molar refractivity (Wildman–Crippen MR) is 88.3 cm³/mol. The molecule has 0 amide bonds. The van der Waals surface area contributed by atoms with Gasteiger partial charge in [0.25, 0.3) is 0 Å². The Kier molecular flexibility index (Phi) is 4.15. The smallest absolute Gasteiger partial charge is 0.0646 e. The van der Waals surface area contributed by atoms with Gasteiger partial charge < -0.3 is 5.73 Å². The zero-order chi connectivity index (χ0) is 14.9. The van der Waals surface area contributed by atoms with E-state index in [0.717, 1.165) is 36.3 Å². The average Bonchev–Trinajstić information content (AvgIpc) is 3.08. The van der Waals surface area contributed by atoms with Crippen LogP contribution in [0, 0.1) is 5.41 Å². The van der Waals surface area contributed by atoms with Crippen LogP contribution in [0.1, 0.15) is 18.9 Å². The maximum absolute atomic E-state index is 5.87. The van der Waals surface area contributed by atoms with Crippen molar-refractivity contribution in [1.82, 2.24) is 14.7 Å². The largest absolute Gasteiger partial charge is 0.330 e. The van der Waals surface area contributed by atoms with Crippen LogP contribution in [-0.4, -0.2) is 34.3 Å². The molecule has 1 aliphatic heterocycles. The highest BCUT2D eigenvalue weighted by Gasteiger charge is 2.32. The van der Waals surface area contributed by atoms with Crippen LogP contribution < -0.4 is 5.73 Å². The van der Waals surface area contributed by atoms with Gasteiger partial charge in [0.1, 0.15) is 0 Å². The summed E-state index contributed by atoms with van der Waals surface area (Å²) in [6, 6.07) is 8.18. The Morgan fingerprint density at radius 2 is 2.10 bits per heavy atom. The Morgan fingerprint density at radius 1 is 1.33 bits per heavy atom. The lowest BCUT2D eigenvalue weighted by Gasteiger charge is -2.22. The standard InChI is InChI=1S/C16H21BrN4/c1-16(11-18)6-7-20(12-16)9-13-8-19-21(10-13)15-4-2-14(17)3-5-15/h2-5,8,10H,6-7,9,11-12,18H2,1H3. The first-order valence-electron chi connectivity index (χ1n) is 7.30. The van der Waals surface area contributed by atoms with Gasteiger partial charge in [-0.25, -0.2) is 4.68 Å². The third-order valence-corrected chi connectivity index (χ3v) is 4.79. The molecule has 1 atom stereocenters. The maximum atomic E-state index is 5.87. The molecule has 2 aromatic rings. The van der Waals surface area contributed by atoms with Crippen molar-refractivity contribution in [2.45, 2.75) is 19.9 Å². The van der Waals surface area contributed by atoms with E-state index in [2.05, 4.69) is 51.2 Å². The fraction of sp³-hybridized carbons (Fsp3) is 0.438. The summed E-state index contributed by atoms with van der Waals surface area (Å²) >= 11 is 3.45. The number of rotatable bonds is 4. The average molecular weight is 349 g/mol. The normalized spacial score (nSPS) is 22.8. The van der Waals surface area contributed by atoms with Gasteiger partial charge in [0.15, 0.2) is 0 Å². The molecule has 112 valence electrons. The lowest BCUT2D eigenvalue weighted by molar-refractivity contribution is 0.274. The summed E-state index contributed by atoms with van der Waals surface area (Å²) in [7, 11) is 0. The number of hydrogen-bond donors (Lipinski definition) is 1. The Labute approximate surface area is 134 Å². The van der Waals surface area contributed by atoms with E-state index in [9.17, 15) is 0 Å². The third kappa shape index (κ3) is 3.36. The monoisotopic (exact) mass is 348 g/mol. The van der Waals surface area contributed by atoms with Crippen LogP contribution >= 0.6 is 15.9 Å². The summed E-state index contributed by atoms with van der Waals surface area (Å²) in [6.07, 6.45) is 5.26. The van der Waals surface area contributed by atoms with Crippen LogP contribution in [-0.2, 0) is 6.54 Å². The Morgan fingerprint density at radius 3 is 2.76 bits per heavy atom. The minimum atomic E-state index is 0.279. The number of aromatic nitrogens is 2. The van der Waals surface area contributed by atoms with E-state index in [0.29, 0.717) is 0 Å². The molecule has 1 fully saturated rings. The van der Waals surface area contributed by atoms with Gasteiger partial charge >= 0.3 is 0 Å². The second-order valence-electron chi connectivity index (χ2n) is 6.25. The van der Waals surface area contributed by atoms with Crippen molar-refractivity contribution >= 4 is 15.9 Å². The molecule has 0 spiro atoms. The van der Waals surface area contributed by atoms with E-state index in [1.54, 1.807) is 0 Å². The van der Waals surface area contributed by atoms with Crippen LogP contribution in [0.5, 0.6) is 0 Å². The van der Waals surface area contributed by atoms with Gasteiger partial charge in [-0.1, -0.05) is 22.9 Å². The molecule has 2 heterocycles. The summed E-state index contributed by atoms with van der Waals surface area (Å²) in [5.74, 6) is 0. The van der Waals surface area contributed by atoms with Crippen molar-refractivity contribution < 1.29 is 0 Å². The van der Waals surface area contributed by atoms with Gasteiger partial charge in [-0.05, 0) is 49.2 Å². The van der Waals surface area contributed by atoms with E-state index < -0.39 is 0 Å². The molecular weight excluding hydrogens is 328 g/mol. The van der Waals surface area contributed by atoms with Gasteiger partial charge in [-0.15, -0.1) is 0 Å². The molecule has 1 aliphatic rings. The molecule has 0 aliphatic carbocycles. The molecule has 5 heteroatoms. The van der Waals surface area contributed by atoms with Crippen LogP contribution in [0.4, 0.5) is 0 Å². The summed E-state index contributed by atoms with van der Waals surface area (Å²) in [5, 5.41) is 4.46. The first-order valence-corrected chi connectivity index (χ1v) is 8.09. The minimum absolute atomic E-state index is 0.279. The zero-order valence-corrected chi connectivity index (χ0v) is 13.9. The fourth-order valence-corrected chi connectivity index (χ4v) is 3.13. The molecule has 1 saturated heterocycles. The van der Waals surface area contributed by atoms with Crippen LogP contribution in [0.2, 0.25) is 0 Å². The third-order valence-electron chi connectivity index (χ3n) is 4.26. The zero-order valence-electron chi connectivity index (χ0n) is 12.3. The van der Waals surface area contributed by atoms with Crippen molar-refractivity contribution in [3.8, 4) is 5.69 Å². The van der Waals surface area contributed by atoms with Crippen molar-refractivity contribution in [2.24, 2.45) is 11.1 Å². The van der Waals surface area contributed by atoms with Gasteiger partial charge in [0.05, 0.1) is 11.9 Å². The van der Waals surface area contributed by atoms with Gasteiger partial charge in [-0.3, -0.25) is 4.90 Å². The van der Waals surface area contributed by atoms with E-state index in [4.69, 9.17) is 5.73 Å². The lowest BCUT2D eigenvalue weighted by Crippen LogP contribution is -2.31. The molecular formula is C16H21BrN4. The lowest BCUT2D eigenvalue weighted by atomic mass is 9.90. The first-order chi connectivity index (χ1) is 10.1. The molecule has 1 aromatic heterocycles. The quantitative estimate of drug-likeness (QED) is 0.923. The minimum Gasteiger partial charge on any atom is -0.330 e. The SMILES string of the molecule is CC1(CN)CCN(Cc2cnn(-c3ccc(Br)cc3)c2)C1. The number of benzene rings is 1. The molecule has 1 unspecified atom stereocenters. The number of likely N-dealkylation sites (tertiary alicyclic amines) is 1. The summed E-state index contributed by atoms with van der Waals surface area (Å²) in [6.45, 7) is 6.19. The predicted octanol–water partition coefficient (Wildman–Crippen LogP) is 2.81. The van der Waals surface area contributed by atoms with Gasteiger partial charge in [-0.2, -0.15) is 5.10 Å². The van der Waals surface area contributed by atoms with E-state index in [1.807, 2.05) is 23.0 Å². The molecule has 2 N–H and O–H groups in total. The second kappa shape index (κ2) is 5.91. The number of nitrogens with zero attached hydrogens (tertiary/aromatic N) is 3. The second-order valence-corrected chi connectivity index (χ2v) is 7.16. The number of nitrogens with two attached hydrogens (primary N) is 1. The Hall–Kier alpha value is -1.17. The van der Waals surface area contributed by atoms with Crippen molar-refractivity contribution in [2.75, 3.05) is 19.6 Å². The summed E-state index contributed by atoms with van der Waals surface area (Å²) in [4.78, 5) is 2.47. The Balaban J connectivity index is 1.67. The highest BCUT2D eigenvalue weighted by atomic mass is 79.9. The number of hydrogen-bond acceptors (Lipinski definition) is 3. The van der Waals surface area contributed by atoms with Crippen molar-refractivity contribution in [3.63, 3.8) is 0 Å². The fourth-order valence-electron chi connectivity index (χ4n) is 2.86. The first kappa shape index (κ1) is 14.8. The van der Waals surface area contributed by atoms with Crippen LogP contribution in [0.15, 0.2) is 41.1 Å². The highest BCUT2D eigenvalue weighted by Crippen LogP contribution is 2.29. The Bertz CT molecular complexity index is 607. The molecule has 3 rings (SSSR count). The molecule has 1 aromatic carbocycles. The molecule has 0 radical (unpaired) electrons. The van der Waals surface area contributed by atoms with Crippen LogP contribution in [0.3, 0.4) is 0 Å². The summed E-state index contributed by atoms with van der Waals surface area (Å²) in [5.41, 5.74) is 8.48. The number of halogens is 1.